The van der Waals surface area contributed by atoms with Crippen molar-refractivity contribution in [3.8, 4) is 5.75 Å². The molecule has 3 saturated heterocycles. The summed E-state index contributed by atoms with van der Waals surface area (Å²) >= 11 is 0. The fourth-order valence-electron chi connectivity index (χ4n) is 5.97. The molecule has 2 atom stereocenters. The molecule has 4 heterocycles. The first-order valence-electron chi connectivity index (χ1n) is 13.0. The van der Waals surface area contributed by atoms with Crippen molar-refractivity contribution in [2.24, 2.45) is 5.92 Å². The van der Waals surface area contributed by atoms with Gasteiger partial charge < -0.3 is 29.1 Å². The van der Waals surface area contributed by atoms with Gasteiger partial charge in [-0.1, -0.05) is 6.07 Å². The number of ether oxygens (including phenoxy) is 2. The summed E-state index contributed by atoms with van der Waals surface area (Å²) in [5.41, 5.74) is 2.29. The van der Waals surface area contributed by atoms with Gasteiger partial charge in [0.25, 0.3) is 0 Å². The van der Waals surface area contributed by atoms with E-state index in [1.54, 1.807) is 18.9 Å². The smallest absolute Gasteiger partial charge is 0.236 e. The zero-order valence-electron chi connectivity index (χ0n) is 21.4. The van der Waals surface area contributed by atoms with Gasteiger partial charge in [0.15, 0.2) is 0 Å². The summed E-state index contributed by atoms with van der Waals surface area (Å²) in [5, 5.41) is 0. The average Bonchev–Trinajstić information content (AvgIpc) is 2.92. The molecule has 4 aliphatic heterocycles. The third-order valence-corrected chi connectivity index (χ3v) is 8.09. The van der Waals surface area contributed by atoms with Gasteiger partial charge in [-0.25, -0.2) is 0 Å². The molecule has 10 nitrogen and oxygen atoms in total. The number of carbonyl (C=O) groups excluding carboxylic acids is 3. The Morgan fingerprint density at radius 3 is 2.36 bits per heavy atom. The fourth-order valence-corrected chi connectivity index (χ4v) is 5.97. The van der Waals surface area contributed by atoms with Crippen LogP contribution in [0.4, 0.5) is 5.69 Å². The highest BCUT2D eigenvalue weighted by atomic mass is 16.5. The van der Waals surface area contributed by atoms with Crippen LogP contribution in [-0.2, 0) is 25.5 Å². The molecular formula is C26H37N5O5. The summed E-state index contributed by atoms with van der Waals surface area (Å²) in [6.07, 6.45) is 0.664. The van der Waals surface area contributed by atoms with Crippen molar-refractivity contribution in [1.29, 1.82) is 0 Å². The first-order valence-corrected chi connectivity index (χ1v) is 13.0. The molecule has 0 saturated carbocycles. The molecule has 0 aromatic heterocycles. The average molecular weight is 500 g/mol. The monoisotopic (exact) mass is 499 g/mol. The normalized spacial score (nSPS) is 24.7. The summed E-state index contributed by atoms with van der Waals surface area (Å²) in [4.78, 5) is 48.7. The number of morpholine rings is 1. The van der Waals surface area contributed by atoms with E-state index in [4.69, 9.17) is 9.47 Å². The molecule has 0 unspecified atom stereocenters. The standard InChI is InChI=1S/C26H37N5O5/c1-19(32)28-6-8-30(9-7-28)26(34)22-15-20-3-4-21(35-2)16-23(20)31-10-5-27(17-24(22)31)18-25(33)29-11-13-36-14-12-29/h3-4,16,22,24H,5-15,17-18H2,1-2H3/t22-,24-/m0/s1. The number of methoxy groups -OCH3 is 1. The van der Waals surface area contributed by atoms with E-state index in [0.717, 1.165) is 30.1 Å². The number of carbonyl (C=O) groups is 3. The molecule has 4 aliphatic rings. The van der Waals surface area contributed by atoms with E-state index in [2.05, 4.69) is 21.9 Å². The predicted octanol–water partition coefficient (Wildman–Crippen LogP) is -0.0924. The minimum absolute atomic E-state index is 0.0193. The quantitative estimate of drug-likeness (QED) is 0.572. The Morgan fingerprint density at radius 2 is 1.67 bits per heavy atom. The maximum absolute atomic E-state index is 13.9. The van der Waals surface area contributed by atoms with Gasteiger partial charge in [-0.15, -0.1) is 0 Å². The Balaban J connectivity index is 1.34. The lowest BCUT2D eigenvalue weighted by Crippen LogP contribution is -2.63. The molecule has 1 aromatic rings. The van der Waals surface area contributed by atoms with Gasteiger partial charge in [0.2, 0.25) is 17.7 Å². The third-order valence-electron chi connectivity index (χ3n) is 8.09. The molecule has 0 radical (unpaired) electrons. The number of fused-ring (bicyclic) bond motifs is 3. The van der Waals surface area contributed by atoms with Gasteiger partial charge in [0.1, 0.15) is 5.75 Å². The SMILES string of the molecule is COc1ccc2c(c1)N1CCN(CC(=O)N3CCOCC3)C[C@H]1[C@@H](C(=O)N1CCN(C(C)=O)CC1)C2. The van der Waals surface area contributed by atoms with Crippen LogP contribution in [0.15, 0.2) is 18.2 Å². The summed E-state index contributed by atoms with van der Waals surface area (Å²) in [6, 6.07) is 6.09. The zero-order valence-corrected chi connectivity index (χ0v) is 21.4. The van der Waals surface area contributed by atoms with E-state index < -0.39 is 0 Å². The van der Waals surface area contributed by atoms with Crippen molar-refractivity contribution in [3.63, 3.8) is 0 Å². The van der Waals surface area contributed by atoms with E-state index in [-0.39, 0.29) is 29.7 Å². The van der Waals surface area contributed by atoms with Crippen molar-refractivity contribution in [2.75, 3.05) is 90.7 Å². The topological polar surface area (TPSA) is 85.9 Å². The van der Waals surface area contributed by atoms with E-state index in [0.29, 0.717) is 72.0 Å². The minimum atomic E-state index is -0.198. The Hall–Kier alpha value is -2.85. The lowest BCUT2D eigenvalue weighted by atomic mass is 9.82. The van der Waals surface area contributed by atoms with Crippen molar-refractivity contribution in [2.45, 2.75) is 19.4 Å². The maximum atomic E-state index is 13.9. The minimum Gasteiger partial charge on any atom is -0.497 e. The first-order chi connectivity index (χ1) is 17.4. The van der Waals surface area contributed by atoms with Crippen LogP contribution in [0.2, 0.25) is 0 Å². The molecule has 0 aliphatic carbocycles. The van der Waals surface area contributed by atoms with Crippen LogP contribution in [0.3, 0.4) is 0 Å². The molecule has 1 aromatic carbocycles. The Kier molecular flexibility index (Phi) is 7.34. The van der Waals surface area contributed by atoms with Crippen LogP contribution >= 0.6 is 0 Å². The highest BCUT2D eigenvalue weighted by Gasteiger charge is 2.44. The summed E-state index contributed by atoms with van der Waals surface area (Å²) in [7, 11) is 1.67. The number of nitrogens with zero attached hydrogens (tertiary/aromatic N) is 5. The largest absolute Gasteiger partial charge is 0.497 e. The van der Waals surface area contributed by atoms with E-state index in [1.165, 1.54) is 0 Å². The van der Waals surface area contributed by atoms with E-state index >= 15 is 0 Å². The molecule has 36 heavy (non-hydrogen) atoms. The zero-order chi connectivity index (χ0) is 25.2. The molecule has 0 N–H and O–H groups in total. The van der Waals surface area contributed by atoms with Crippen LogP contribution in [0.5, 0.6) is 5.75 Å². The highest BCUT2D eigenvalue weighted by molar-refractivity contribution is 5.83. The molecule has 10 heteroatoms. The molecule has 3 fully saturated rings. The van der Waals surface area contributed by atoms with Crippen LogP contribution in [0, 0.1) is 5.92 Å². The fraction of sp³-hybridized carbons (Fsp3) is 0.654. The molecule has 5 rings (SSSR count). The highest BCUT2D eigenvalue weighted by Crippen LogP contribution is 2.39. The van der Waals surface area contributed by atoms with Gasteiger partial charge in [-0.2, -0.15) is 0 Å². The Labute approximate surface area is 212 Å². The Bertz CT molecular complexity index is 989. The van der Waals surface area contributed by atoms with Crippen LogP contribution in [-0.4, -0.2) is 129 Å². The molecular weight excluding hydrogens is 462 g/mol. The number of piperazine rings is 2. The summed E-state index contributed by atoms with van der Waals surface area (Å²) < 4.78 is 10.9. The second kappa shape index (κ2) is 10.6. The number of benzene rings is 1. The number of amides is 3. The van der Waals surface area contributed by atoms with Gasteiger partial charge in [0, 0.05) is 77.6 Å². The molecule has 0 bridgehead atoms. The lowest BCUT2D eigenvalue weighted by molar-refractivity contribution is -0.142. The van der Waals surface area contributed by atoms with Gasteiger partial charge in [0.05, 0.1) is 38.8 Å². The van der Waals surface area contributed by atoms with Crippen LogP contribution in [0.1, 0.15) is 12.5 Å². The van der Waals surface area contributed by atoms with Crippen LogP contribution in [0.25, 0.3) is 0 Å². The third kappa shape index (κ3) is 5.01. The van der Waals surface area contributed by atoms with Crippen molar-refractivity contribution < 1.29 is 23.9 Å². The molecule has 0 spiro atoms. The maximum Gasteiger partial charge on any atom is 0.236 e. The second-order valence-corrected chi connectivity index (χ2v) is 10.1. The first kappa shape index (κ1) is 24.8. The second-order valence-electron chi connectivity index (χ2n) is 10.1. The summed E-state index contributed by atoms with van der Waals surface area (Å²) in [6.45, 7) is 8.89. The number of hydrogen-bond donors (Lipinski definition) is 0. The summed E-state index contributed by atoms with van der Waals surface area (Å²) in [5.74, 6) is 0.948. The molecule has 3 amide bonds. The van der Waals surface area contributed by atoms with E-state index in [1.807, 2.05) is 15.9 Å². The predicted molar refractivity (Wildman–Crippen MR) is 134 cm³/mol. The molecule has 196 valence electrons. The lowest BCUT2D eigenvalue weighted by Gasteiger charge is -2.50. The number of hydrogen-bond acceptors (Lipinski definition) is 7. The van der Waals surface area contributed by atoms with E-state index in [9.17, 15) is 14.4 Å². The van der Waals surface area contributed by atoms with Gasteiger partial charge in [-0.05, 0) is 18.1 Å². The van der Waals surface area contributed by atoms with Gasteiger partial charge >= 0.3 is 0 Å². The van der Waals surface area contributed by atoms with Gasteiger partial charge in [-0.3, -0.25) is 19.3 Å². The van der Waals surface area contributed by atoms with Crippen molar-refractivity contribution >= 4 is 23.4 Å². The van der Waals surface area contributed by atoms with Crippen molar-refractivity contribution in [1.82, 2.24) is 19.6 Å². The Morgan fingerprint density at radius 1 is 0.944 bits per heavy atom. The number of anilines is 1. The van der Waals surface area contributed by atoms with Crippen LogP contribution < -0.4 is 9.64 Å². The number of rotatable bonds is 4. The van der Waals surface area contributed by atoms with Crippen molar-refractivity contribution in [3.05, 3.63) is 23.8 Å².